The van der Waals surface area contributed by atoms with E-state index in [-0.39, 0.29) is 17.8 Å². The first kappa shape index (κ1) is 14.9. The van der Waals surface area contributed by atoms with Crippen LogP contribution in [0, 0.1) is 11.8 Å². The van der Waals surface area contributed by atoms with Gasteiger partial charge in [-0.15, -0.1) is 11.3 Å². The predicted octanol–water partition coefficient (Wildman–Crippen LogP) is 0.923. The van der Waals surface area contributed by atoms with Crippen molar-refractivity contribution >= 4 is 34.2 Å². The second-order valence-electron chi connectivity index (χ2n) is 4.05. The van der Waals surface area contributed by atoms with Crippen molar-refractivity contribution in [3.05, 3.63) is 21.9 Å². The number of rotatable bonds is 4. The summed E-state index contributed by atoms with van der Waals surface area (Å²) in [6.07, 6.45) is 0.461. The van der Waals surface area contributed by atoms with Gasteiger partial charge in [0.15, 0.2) is 0 Å². The number of nitrogens with one attached hydrogen (secondary N) is 2. The molecule has 1 aromatic rings. The minimum absolute atomic E-state index is 0.0619. The molecule has 1 aliphatic heterocycles. The van der Waals surface area contributed by atoms with Crippen molar-refractivity contribution in [2.45, 2.75) is 19.0 Å². The van der Waals surface area contributed by atoms with Crippen LogP contribution in [0.4, 0.5) is 4.79 Å². The molecule has 106 valence electrons. The highest BCUT2D eigenvalue weighted by molar-refractivity contribution is 8.14. The standard InChI is InChI=1S/C13H14N2O3S2/c16-6-2-1-3-9-4-5-10(20-9)7-14-12(17)11-8-19-13(18)15-11/h4-5,11,16H,2,6-8H2,(H,14,17)(H,15,18). The predicted molar refractivity (Wildman–Crippen MR) is 79.5 cm³/mol. The molecule has 0 radical (unpaired) electrons. The van der Waals surface area contributed by atoms with E-state index in [4.69, 9.17) is 5.11 Å². The van der Waals surface area contributed by atoms with E-state index in [0.717, 1.165) is 21.5 Å². The minimum atomic E-state index is -0.434. The SMILES string of the molecule is O=C1NC(C(=O)NCc2ccc(C#CCCO)s2)CS1. The third kappa shape index (κ3) is 4.27. The van der Waals surface area contributed by atoms with Crippen molar-refractivity contribution in [2.24, 2.45) is 0 Å². The number of hydrogen-bond donors (Lipinski definition) is 3. The van der Waals surface area contributed by atoms with E-state index in [9.17, 15) is 9.59 Å². The number of thioether (sulfide) groups is 1. The number of hydrogen-bond acceptors (Lipinski definition) is 5. The Kier molecular flexibility index (Phi) is 5.47. The number of aliphatic hydroxyl groups is 1. The molecule has 2 heterocycles. The molecule has 1 unspecified atom stereocenters. The lowest BCUT2D eigenvalue weighted by molar-refractivity contribution is -0.122. The van der Waals surface area contributed by atoms with Crippen molar-refractivity contribution < 1.29 is 14.7 Å². The van der Waals surface area contributed by atoms with Crippen molar-refractivity contribution in [2.75, 3.05) is 12.4 Å². The van der Waals surface area contributed by atoms with Crippen molar-refractivity contribution in [3.8, 4) is 11.8 Å². The molecular formula is C13H14N2O3S2. The summed E-state index contributed by atoms with van der Waals surface area (Å²) in [4.78, 5) is 24.7. The van der Waals surface area contributed by atoms with Gasteiger partial charge in [-0.1, -0.05) is 23.6 Å². The first-order valence-corrected chi connectivity index (χ1v) is 7.88. The van der Waals surface area contributed by atoms with Crippen molar-refractivity contribution in [3.63, 3.8) is 0 Å². The van der Waals surface area contributed by atoms with E-state index < -0.39 is 6.04 Å². The lowest BCUT2D eigenvalue weighted by atomic mass is 10.3. The second-order valence-corrected chi connectivity index (χ2v) is 6.22. The summed E-state index contributed by atoms with van der Waals surface area (Å²) >= 11 is 2.63. The van der Waals surface area contributed by atoms with Crippen LogP contribution in [0.5, 0.6) is 0 Å². The molecule has 5 nitrogen and oxygen atoms in total. The smallest absolute Gasteiger partial charge is 0.279 e. The van der Waals surface area contributed by atoms with Crippen LogP contribution in [0.2, 0.25) is 0 Å². The zero-order valence-electron chi connectivity index (χ0n) is 10.6. The number of carbonyl (C=O) groups excluding carboxylic acids is 2. The fourth-order valence-electron chi connectivity index (χ4n) is 1.57. The van der Waals surface area contributed by atoms with E-state index in [1.807, 2.05) is 12.1 Å². The van der Waals surface area contributed by atoms with E-state index in [2.05, 4.69) is 22.5 Å². The average molecular weight is 310 g/mol. The maximum atomic E-state index is 11.8. The number of carbonyl (C=O) groups is 2. The van der Waals surface area contributed by atoms with Crippen LogP contribution in [-0.4, -0.2) is 34.7 Å². The molecule has 2 rings (SSSR count). The number of amides is 2. The third-order valence-corrected chi connectivity index (χ3v) is 4.42. The summed E-state index contributed by atoms with van der Waals surface area (Å²) in [5.74, 6) is 6.12. The molecule has 0 aromatic carbocycles. The summed E-state index contributed by atoms with van der Waals surface area (Å²) in [7, 11) is 0. The molecule has 2 amide bonds. The maximum Gasteiger partial charge on any atom is 0.279 e. The molecule has 3 N–H and O–H groups in total. The zero-order chi connectivity index (χ0) is 14.4. The van der Waals surface area contributed by atoms with Gasteiger partial charge in [-0.05, 0) is 12.1 Å². The monoisotopic (exact) mass is 310 g/mol. The van der Waals surface area contributed by atoms with Gasteiger partial charge < -0.3 is 15.7 Å². The van der Waals surface area contributed by atoms with Crippen LogP contribution >= 0.6 is 23.1 Å². The van der Waals surface area contributed by atoms with Crippen LogP contribution < -0.4 is 10.6 Å². The first-order chi connectivity index (χ1) is 9.69. The Morgan fingerprint density at radius 2 is 2.40 bits per heavy atom. The van der Waals surface area contributed by atoms with Gasteiger partial charge in [0.05, 0.1) is 18.0 Å². The normalized spacial score (nSPS) is 17.2. The molecule has 1 aromatic heterocycles. The van der Waals surface area contributed by atoms with Gasteiger partial charge >= 0.3 is 0 Å². The Balaban J connectivity index is 1.81. The quantitative estimate of drug-likeness (QED) is 0.723. The largest absolute Gasteiger partial charge is 0.395 e. The Bertz CT molecular complexity index is 559. The molecule has 1 saturated heterocycles. The minimum Gasteiger partial charge on any atom is -0.395 e. The highest BCUT2D eigenvalue weighted by atomic mass is 32.2. The summed E-state index contributed by atoms with van der Waals surface area (Å²) in [6, 6.07) is 3.37. The van der Waals surface area contributed by atoms with Crippen molar-refractivity contribution in [1.82, 2.24) is 10.6 Å². The molecule has 0 saturated carbocycles. The number of thiophene rings is 1. The molecule has 1 atom stereocenters. The topological polar surface area (TPSA) is 78.4 Å². The molecule has 7 heteroatoms. The third-order valence-electron chi connectivity index (χ3n) is 2.54. The van der Waals surface area contributed by atoms with Gasteiger partial charge in [0.1, 0.15) is 6.04 Å². The van der Waals surface area contributed by atoms with E-state index >= 15 is 0 Å². The Morgan fingerprint density at radius 1 is 1.55 bits per heavy atom. The lowest BCUT2D eigenvalue weighted by Crippen LogP contribution is -2.42. The van der Waals surface area contributed by atoms with Crippen LogP contribution in [-0.2, 0) is 11.3 Å². The molecule has 1 fully saturated rings. The summed E-state index contributed by atoms with van der Waals surface area (Å²) in [5.41, 5.74) is 0. The van der Waals surface area contributed by atoms with Gasteiger partial charge in [-0.3, -0.25) is 9.59 Å². The lowest BCUT2D eigenvalue weighted by Gasteiger charge is -2.08. The fourth-order valence-corrected chi connectivity index (χ4v) is 3.17. The van der Waals surface area contributed by atoms with E-state index in [0.29, 0.717) is 18.7 Å². The van der Waals surface area contributed by atoms with Crippen LogP contribution in [0.3, 0.4) is 0 Å². The van der Waals surface area contributed by atoms with Gasteiger partial charge in [-0.25, -0.2) is 0 Å². The first-order valence-electron chi connectivity index (χ1n) is 6.08. The molecule has 0 aliphatic carbocycles. The zero-order valence-corrected chi connectivity index (χ0v) is 12.3. The second kappa shape index (κ2) is 7.33. The Hall–Kier alpha value is -1.49. The highest BCUT2D eigenvalue weighted by Crippen LogP contribution is 2.16. The number of aliphatic hydroxyl groups excluding tert-OH is 1. The van der Waals surface area contributed by atoms with Gasteiger partial charge in [0, 0.05) is 17.1 Å². The van der Waals surface area contributed by atoms with E-state index in [1.165, 1.54) is 11.3 Å². The molecular weight excluding hydrogens is 296 g/mol. The highest BCUT2D eigenvalue weighted by Gasteiger charge is 2.27. The van der Waals surface area contributed by atoms with Gasteiger partial charge in [0.25, 0.3) is 5.24 Å². The molecule has 0 bridgehead atoms. The van der Waals surface area contributed by atoms with Crippen LogP contribution in [0.25, 0.3) is 0 Å². The summed E-state index contributed by atoms with van der Waals surface area (Å²) < 4.78 is 0. The van der Waals surface area contributed by atoms with Crippen LogP contribution in [0.15, 0.2) is 12.1 Å². The average Bonchev–Trinajstić information content (AvgIpc) is 3.05. The molecule has 1 aliphatic rings. The Morgan fingerprint density at radius 3 is 3.10 bits per heavy atom. The Labute approximate surface area is 125 Å². The van der Waals surface area contributed by atoms with Crippen molar-refractivity contribution in [1.29, 1.82) is 0 Å². The summed E-state index contributed by atoms with van der Waals surface area (Å²) in [6.45, 7) is 0.495. The maximum absolute atomic E-state index is 11.8. The van der Waals surface area contributed by atoms with Crippen LogP contribution in [0.1, 0.15) is 16.2 Å². The van der Waals surface area contributed by atoms with Gasteiger partial charge in [-0.2, -0.15) is 0 Å². The van der Waals surface area contributed by atoms with E-state index in [1.54, 1.807) is 0 Å². The fraction of sp³-hybridized carbons (Fsp3) is 0.385. The molecule has 0 spiro atoms. The molecule has 20 heavy (non-hydrogen) atoms. The van der Waals surface area contributed by atoms with Gasteiger partial charge in [0.2, 0.25) is 5.91 Å². The summed E-state index contributed by atoms with van der Waals surface area (Å²) in [5, 5.41) is 13.9.